The Kier molecular flexibility index (Phi) is 4.44. The van der Waals surface area contributed by atoms with Crippen LogP contribution in [-0.2, 0) is 6.42 Å². The summed E-state index contributed by atoms with van der Waals surface area (Å²) in [4.78, 5) is 8.44. The van der Waals surface area contributed by atoms with Crippen LogP contribution in [0.2, 0.25) is 5.15 Å². The van der Waals surface area contributed by atoms with Gasteiger partial charge in [0.1, 0.15) is 11.0 Å². The van der Waals surface area contributed by atoms with E-state index in [4.69, 9.17) is 11.6 Å². The van der Waals surface area contributed by atoms with Gasteiger partial charge in [-0.2, -0.15) is 0 Å². The third-order valence-electron chi connectivity index (χ3n) is 2.49. The molecule has 0 aliphatic carbocycles. The van der Waals surface area contributed by atoms with Crippen molar-refractivity contribution in [1.82, 2.24) is 9.97 Å². The summed E-state index contributed by atoms with van der Waals surface area (Å²) in [5.74, 6) is 0.712. The Bertz CT molecular complexity index is 528. The molecule has 0 aliphatic rings. The summed E-state index contributed by atoms with van der Waals surface area (Å²) >= 11 is 7.41. The van der Waals surface area contributed by atoms with Gasteiger partial charge in [-0.15, -0.1) is 0 Å². The van der Waals surface area contributed by atoms with Crippen LogP contribution >= 0.6 is 23.4 Å². The van der Waals surface area contributed by atoms with Gasteiger partial charge in [-0.05, 0) is 30.4 Å². The summed E-state index contributed by atoms with van der Waals surface area (Å²) in [5, 5.41) is 4.33. The van der Waals surface area contributed by atoms with Gasteiger partial charge in [0.2, 0.25) is 0 Å². The van der Waals surface area contributed by atoms with E-state index in [0.717, 1.165) is 12.1 Å². The number of nitrogens with zero attached hydrogens (tertiary/aromatic N) is 2. The maximum Gasteiger partial charge on any atom is 0.190 e. The zero-order valence-electron chi connectivity index (χ0n) is 10.3. The topological polar surface area (TPSA) is 37.8 Å². The first kappa shape index (κ1) is 13.2. The molecule has 0 saturated carbocycles. The van der Waals surface area contributed by atoms with Crippen molar-refractivity contribution in [3.63, 3.8) is 0 Å². The van der Waals surface area contributed by atoms with Crippen molar-refractivity contribution in [1.29, 1.82) is 0 Å². The number of aromatic nitrogens is 2. The van der Waals surface area contributed by atoms with Gasteiger partial charge in [0.05, 0.1) is 0 Å². The summed E-state index contributed by atoms with van der Waals surface area (Å²) in [6, 6.07) is 9.98. The SMILES string of the molecule is CCc1ccc(Nc2cc(Cl)nc(SC)n2)cc1. The minimum absolute atomic E-state index is 0.446. The molecule has 3 nitrogen and oxygen atoms in total. The second-order valence-electron chi connectivity index (χ2n) is 3.74. The number of hydrogen-bond acceptors (Lipinski definition) is 4. The lowest BCUT2D eigenvalue weighted by molar-refractivity contribution is 0.976. The summed E-state index contributed by atoms with van der Waals surface area (Å²) in [6.07, 6.45) is 2.96. The molecule has 0 spiro atoms. The van der Waals surface area contributed by atoms with Crippen molar-refractivity contribution in [2.45, 2.75) is 18.5 Å². The van der Waals surface area contributed by atoms with E-state index in [1.54, 1.807) is 6.07 Å². The van der Waals surface area contributed by atoms with Gasteiger partial charge < -0.3 is 5.32 Å². The molecule has 0 unspecified atom stereocenters. The maximum atomic E-state index is 5.94. The Balaban J connectivity index is 2.19. The Morgan fingerprint density at radius 1 is 1.22 bits per heavy atom. The normalized spacial score (nSPS) is 10.4. The fourth-order valence-corrected chi connectivity index (χ4v) is 2.14. The predicted molar refractivity (Wildman–Crippen MR) is 77.9 cm³/mol. The number of rotatable bonds is 4. The fourth-order valence-electron chi connectivity index (χ4n) is 1.52. The number of anilines is 2. The third kappa shape index (κ3) is 3.37. The maximum absolute atomic E-state index is 5.94. The van der Waals surface area contributed by atoms with E-state index in [9.17, 15) is 0 Å². The van der Waals surface area contributed by atoms with E-state index in [0.29, 0.717) is 16.1 Å². The predicted octanol–water partition coefficient (Wildman–Crippen LogP) is 4.16. The molecule has 0 radical (unpaired) electrons. The Morgan fingerprint density at radius 3 is 2.56 bits per heavy atom. The van der Waals surface area contributed by atoms with Crippen LogP contribution in [0.3, 0.4) is 0 Å². The molecule has 2 rings (SSSR count). The monoisotopic (exact) mass is 279 g/mol. The number of nitrogens with one attached hydrogen (secondary N) is 1. The average Bonchev–Trinajstić information content (AvgIpc) is 2.39. The fraction of sp³-hybridized carbons (Fsp3) is 0.231. The van der Waals surface area contributed by atoms with Crippen LogP contribution in [0.15, 0.2) is 35.5 Å². The van der Waals surface area contributed by atoms with Crippen LogP contribution in [0.1, 0.15) is 12.5 Å². The van der Waals surface area contributed by atoms with Crippen LogP contribution in [0.5, 0.6) is 0 Å². The minimum Gasteiger partial charge on any atom is -0.340 e. The van der Waals surface area contributed by atoms with E-state index in [2.05, 4.69) is 34.3 Å². The lowest BCUT2D eigenvalue weighted by Gasteiger charge is -2.07. The first-order chi connectivity index (χ1) is 8.71. The number of hydrogen-bond donors (Lipinski definition) is 1. The highest BCUT2D eigenvalue weighted by Crippen LogP contribution is 2.21. The van der Waals surface area contributed by atoms with Gasteiger partial charge in [-0.3, -0.25) is 0 Å². The molecule has 1 heterocycles. The highest BCUT2D eigenvalue weighted by molar-refractivity contribution is 7.98. The molecule has 2 aromatic rings. The largest absolute Gasteiger partial charge is 0.340 e. The van der Waals surface area contributed by atoms with Gasteiger partial charge in [0.25, 0.3) is 0 Å². The number of aryl methyl sites for hydroxylation is 1. The smallest absolute Gasteiger partial charge is 0.190 e. The van der Waals surface area contributed by atoms with Crippen molar-refractivity contribution in [3.8, 4) is 0 Å². The first-order valence-electron chi connectivity index (χ1n) is 5.66. The number of benzene rings is 1. The second-order valence-corrected chi connectivity index (χ2v) is 4.90. The lowest BCUT2D eigenvalue weighted by atomic mass is 10.1. The van der Waals surface area contributed by atoms with E-state index in [-0.39, 0.29) is 0 Å². The van der Waals surface area contributed by atoms with Crippen molar-refractivity contribution in [2.24, 2.45) is 0 Å². The molecule has 1 N–H and O–H groups in total. The third-order valence-corrected chi connectivity index (χ3v) is 3.23. The molecule has 0 fully saturated rings. The minimum atomic E-state index is 0.446. The van der Waals surface area contributed by atoms with E-state index < -0.39 is 0 Å². The van der Waals surface area contributed by atoms with E-state index in [1.807, 2.05) is 18.4 Å². The van der Waals surface area contributed by atoms with E-state index in [1.165, 1.54) is 17.3 Å². The summed E-state index contributed by atoms with van der Waals surface area (Å²) in [5.41, 5.74) is 2.31. The van der Waals surface area contributed by atoms with Crippen molar-refractivity contribution in [3.05, 3.63) is 41.0 Å². The molecular formula is C13H14ClN3S. The molecule has 0 saturated heterocycles. The van der Waals surface area contributed by atoms with Gasteiger partial charge in [0.15, 0.2) is 5.16 Å². The van der Waals surface area contributed by atoms with Crippen LogP contribution < -0.4 is 5.32 Å². The molecule has 1 aromatic carbocycles. The van der Waals surface area contributed by atoms with Gasteiger partial charge in [-0.1, -0.05) is 42.4 Å². The quantitative estimate of drug-likeness (QED) is 0.518. The molecule has 0 atom stereocenters. The zero-order valence-corrected chi connectivity index (χ0v) is 11.8. The zero-order chi connectivity index (χ0) is 13.0. The Labute approximate surface area is 116 Å². The molecular weight excluding hydrogens is 266 g/mol. The second kappa shape index (κ2) is 6.07. The Morgan fingerprint density at radius 2 is 1.94 bits per heavy atom. The summed E-state index contributed by atoms with van der Waals surface area (Å²) in [7, 11) is 0. The number of thioether (sulfide) groups is 1. The van der Waals surface area contributed by atoms with Crippen molar-refractivity contribution < 1.29 is 0 Å². The van der Waals surface area contributed by atoms with E-state index >= 15 is 0 Å². The molecule has 0 aliphatic heterocycles. The van der Waals surface area contributed by atoms with Gasteiger partial charge in [-0.25, -0.2) is 9.97 Å². The Hall–Kier alpha value is -1.26. The van der Waals surface area contributed by atoms with Crippen molar-refractivity contribution in [2.75, 3.05) is 11.6 Å². The number of halogens is 1. The highest BCUT2D eigenvalue weighted by Gasteiger charge is 2.02. The molecule has 0 bridgehead atoms. The van der Waals surface area contributed by atoms with Crippen LogP contribution in [0, 0.1) is 0 Å². The van der Waals surface area contributed by atoms with Gasteiger partial charge in [0, 0.05) is 11.8 Å². The average molecular weight is 280 g/mol. The summed E-state index contributed by atoms with van der Waals surface area (Å²) in [6.45, 7) is 2.14. The lowest BCUT2D eigenvalue weighted by Crippen LogP contribution is -1.96. The standard InChI is InChI=1S/C13H14ClN3S/c1-3-9-4-6-10(7-5-9)15-12-8-11(14)16-13(17-12)18-2/h4-8H,3H2,1-2H3,(H,15,16,17). The van der Waals surface area contributed by atoms with Crippen molar-refractivity contribution >= 4 is 34.9 Å². The molecule has 0 amide bonds. The van der Waals surface area contributed by atoms with Gasteiger partial charge >= 0.3 is 0 Å². The highest BCUT2D eigenvalue weighted by atomic mass is 35.5. The van der Waals surface area contributed by atoms with Crippen LogP contribution in [0.25, 0.3) is 0 Å². The first-order valence-corrected chi connectivity index (χ1v) is 7.26. The summed E-state index contributed by atoms with van der Waals surface area (Å²) < 4.78 is 0. The molecule has 5 heteroatoms. The molecule has 94 valence electrons. The molecule has 1 aromatic heterocycles. The molecule has 18 heavy (non-hydrogen) atoms. The van der Waals surface area contributed by atoms with Crippen LogP contribution in [0.4, 0.5) is 11.5 Å². The van der Waals surface area contributed by atoms with Crippen LogP contribution in [-0.4, -0.2) is 16.2 Å².